The molecule has 2 aromatic heterocycles. The van der Waals surface area contributed by atoms with Gasteiger partial charge >= 0.3 is 5.97 Å². The van der Waals surface area contributed by atoms with E-state index in [0.29, 0.717) is 38.7 Å². The molecule has 0 radical (unpaired) electrons. The van der Waals surface area contributed by atoms with Crippen molar-refractivity contribution in [2.24, 2.45) is 4.99 Å². The highest BCUT2D eigenvalue weighted by atomic mass is 79.9. The third-order valence-electron chi connectivity index (χ3n) is 6.98. The number of thiophene rings is 1. The zero-order valence-corrected chi connectivity index (χ0v) is 27.1. The Kier molecular flexibility index (Phi) is 8.92. The van der Waals surface area contributed by atoms with Gasteiger partial charge in [0, 0.05) is 14.9 Å². The number of hydrogen-bond donors (Lipinski definition) is 0. The van der Waals surface area contributed by atoms with Gasteiger partial charge in [-0.05, 0) is 59.8 Å². The van der Waals surface area contributed by atoms with Crippen molar-refractivity contribution in [3.05, 3.63) is 142 Å². The van der Waals surface area contributed by atoms with E-state index in [4.69, 9.17) is 19.2 Å². The summed E-state index contributed by atoms with van der Waals surface area (Å²) in [5.41, 5.74) is 3.17. The van der Waals surface area contributed by atoms with Crippen molar-refractivity contribution in [1.29, 1.82) is 0 Å². The van der Waals surface area contributed by atoms with E-state index in [9.17, 15) is 9.59 Å². The molecule has 0 amide bonds. The first-order valence-corrected chi connectivity index (χ1v) is 16.3. The fourth-order valence-electron chi connectivity index (χ4n) is 4.94. The van der Waals surface area contributed by atoms with E-state index in [1.807, 2.05) is 96.4 Å². The molecule has 0 saturated heterocycles. The molecule has 1 aliphatic rings. The fraction of sp³-hybridized carbons (Fsp3) is 0.147. The van der Waals surface area contributed by atoms with E-state index < -0.39 is 12.0 Å². The SMILES string of the molecule is CCOC(=O)C1=C(c2ccccc2)N=c2s/c(=C\c3ccc(OCc4ccc(Br)cc4)c(OC)c3)c(=O)n2[C@@H]1c1cccs1. The van der Waals surface area contributed by atoms with Gasteiger partial charge in [-0.25, -0.2) is 9.79 Å². The molecule has 0 saturated carbocycles. The van der Waals surface area contributed by atoms with Crippen LogP contribution < -0.4 is 24.4 Å². The van der Waals surface area contributed by atoms with Crippen LogP contribution in [-0.4, -0.2) is 24.3 Å². The van der Waals surface area contributed by atoms with Gasteiger partial charge in [0.2, 0.25) is 0 Å². The highest BCUT2D eigenvalue weighted by Gasteiger charge is 2.35. The highest BCUT2D eigenvalue weighted by molar-refractivity contribution is 9.10. The summed E-state index contributed by atoms with van der Waals surface area (Å²) < 4.78 is 20.3. The molecule has 0 bridgehead atoms. The number of thiazole rings is 1. The summed E-state index contributed by atoms with van der Waals surface area (Å²) in [5, 5.41) is 1.93. The van der Waals surface area contributed by atoms with Gasteiger partial charge in [-0.3, -0.25) is 9.36 Å². The van der Waals surface area contributed by atoms with E-state index >= 15 is 0 Å². The molecule has 3 aromatic carbocycles. The van der Waals surface area contributed by atoms with Crippen molar-refractivity contribution < 1.29 is 19.0 Å². The topological polar surface area (TPSA) is 79.1 Å². The number of halogens is 1. The van der Waals surface area contributed by atoms with Crippen LogP contribution in [0.1, 0.15) is 34.5 Å². The van der Waals surface area contributed by atoms with Gasteiger partial charge in [0.1, 0.15) is 12.6 Å². The molecular formula is C34H27BrN2O5S2. The lowest BCUT2D eigenvalue weighted by Gasteiger charge is -2.24. The Balaban J connectivity index is 1.44. The van der Waals surface area contributed by atoms with Gasteiger partial charge in [0.15, 0.2) is 16.3 Å². The largest absolute Gasteiger partial charge is 0.493 e. The smallest absolute Gasteiger partial charge is 0.338 e. The van der Waals surface area contributed by atoms with Gasteiger partial charge in [0.05, 0.1) is 29.5 Å². The van der Waals surface area contributed by atoms with E-state index in [1.54, 1.807) is 18.6 Å². The molecule has 1 aliphatic heterocycles. The minimum Gasteiger partial charge on any atom is -0.493 e. The number of ether oxygens (including phenoxy) is 3. The second-order valence-electron chi connectivity index (χ2n) is 9.77. The lowest BCUT2D eigenvalue weighted by atomic mass is 9.97. The number of fused-ring (bicyclic) bond motifs is 1. The average Bonchev–Trinajstić information content (AvgIpc) is 3.69. The molecule has 5 aromatic rings. The molecule has 7 nitrogen and oxygen atoms in total. The lowest BCUT2D eigenvalue weighted by molar-refractivity contribution is -0.138. The molecule has 1 atom stereocenters. The predicted octanol–water partition coefficient (Wildman–Crippen LogP) is 6.35. The summed E-state index contributed by atoms with van der Waals surface area (Å²) in [6, 6.07) is 26.2. The molecule has 10 heteroatoms. The number of methoxy groups -OCH3 is 1. The summed E-state index contributed by atoms with van der Waals surface area (Å²) in [5.74, 6) is 0.653. The van der Waals surface area contributed by atoms with Crippen LogP contribution in [0.3, 0.4) is 0 Å². The molecule has 0 spiro atoms. The van der Waals surface area contributed by atoms with Crippen LogP contribution in [-0.2, 0) is 16.1 Å². The van der Waals surface area contributed by atoms with Crippen LogP contribution in [0.2, 0.25) is 0 Å². The second kappa shape index (κ2) is 13.2. The fourth-order valence-corrected chi connectivity index (χ4v) is 7.03. The molecule has 222 valence electrons. The highest BCUT2D eigenvalue weighted by Crippen LogP contribution is 2.37. The number of benzene rings is 3. The molecule has 44 heavy (non-hydrogen) atoms. The molecule has 0 fully saturated rings. The van der Waals surface area contributed by atoms with Gasteiger partial charge in [-0.2, -0.15) is 0 Å². The van der Waals surface area contributed by atoms with Crippen LogP contribution in [0.5, 0.6) is 11.5 Å². The van der Waals surface area contributed by atoms with E-state index in [2.05, 4.69) is 15.9 Å². The average molecular weight is 688 g/mol. The van der Waals surface area contributed by atoms with Crippen molar-refractivity contribution in [3.8, 4) is 11.5 Å². The summed E-state index contributed by atoms with van der Waals surface area (Å²) >= 11 is 6.21. The number of aromatic nitrogens is 1. The molecule has 3 heterocycles. The predicted molar refractivity (Wildman–Crippen MR) is 177 cm³/mol. The van der Waals surface area contributed by atoms with Crippen molar-refractivity contribution in [3.63, 3.8) is 0 Å². The lowest BCUT2D eigenvalue weighted by Crippen LogP contribution is -2.39. The van der Waals surface area contributed by atoms with Crippen LogP contribution in [0, 0.1) is 0 Å². The number of hydrogen-bond acceptors (Lipinski definition) is 8. The van der Waals surface area contributed by atoms with Crippen molar-refractivity contribution in [2.75, 3.05) is 13.7 Å². The van der Waals surface area contributed by atoms with Gasteiger partial charge < -0.3 is 14.2 Å². The molecule has 6 rings (SSSR count). The number of rotatable bonds is 9. The Hall–Kier alpha value is -4.25. The summed E-state index contributed by atoms with van der Waals surface area (Å²) in [7, 11) is 1.59. The standard InChI is InChI=1S/C34H27BrN2O5S2/c1-3-41-33(39)29-30(23-8-5-4-6-9-23)36-34-37(31(29)27-10-7-17-43-27)32(38)28(44-34)19-22-13-16-25(26(18-22)40-2)42-20-21-11-14-24(35)15-12-21/h4-19,31H,3,20H2,1-2H3/b28-19-/t31-/m1/s1. The first-order chi connectivity index (χ1) is 21.5. The monoisotopic (exact) mass is 686 g/mol. The minimum atomic E-state index is -0.674. The summed E-state index contributed by atoms with van der Waals surface area (Å²) in [6.45, 7) is 2.36. The number of esters is 1. The Morgan fingerprint density at radius 1 is 1.02 bits per heavy atom. The van der Waals surface area contributed by atoms with Gasteiger partial charge in [0.25, 0.3) is 5.56 Å². The van der Waals surface area contributed by atoms with Gasteiger partial charge in [-0.15, -0.1) is 11.3 Å². The Labute approximate surface area is 270 Å². The maximum atomic E-state index is 14.1. The molecular weight excluding hydrogens is 660 g/mol. The van der Waals surface area contributed by atoms with Crippen LogP contribution in [0.25, 0.3) is 11.8 Å². The summed E-state index contributed by atoms with van der Waals surface area (Å²) in [6.07, 6.45) is 1.81. The van der Waals surface area contributed by atoms with Crippen LogP contribution >= 0.6 is 38.6 Å². The van der Waals surface area contributed by atoms with E-state index in [-0.39, 0.29) is 12.2 Å². The minimum absolute atomic E-state index is 0.205. The maximum absolute atomic E-state index is 14.1. The first-order valence-electron chi connectivity index (χ1n) is 13.8. The van der Waals surface area contributed by atoms with Gasteiger partial charge in [-0.1, -0.05) is 81.9 Å². The third-order valence-corrected chi connectivity index (χ3v) is 9.42. The normalized spacial score (nSPS) is 14.6. The third kappa shape index (κ3) is 6.06. The maximum Gasteiger partial charge on any atom is 0.338 e. The first kappa shape index (κ1) is 29.8. The Morgan fingerprint density at radius 3 is 2.52 bits per heavy atom. The molecule has 0 aliphatic carbocycles. The van der Waals surface area contributed by atoms with Crippen LogP contribution in [0.15, 0.2) is 110 Å². The quantitative estimate of drug-likeness (QED) is 0.169. The number of nitrogens with zero attached hydrogens (tertiary/aromatic N) is 2. The summed E-state index contributed by atoms with van der Waals surface area (Å²) in [4.78, 5) is 33.8. The zero-order chi connectivity index (χ0) is 30.6. The van der Waals surface area contributed by atoms with E-state index in [0.717, 1.165) is 26.0 Å². The molecule has 0 N–H and O–H groups in total. The molecule has 0 unspecified atom stereocenters. The van der Waals surface area contributed by atoms with Crippen molar-refractivity contribution >= 4 is 56.3 Å². The Morgan fingerprint density at radius 2 is 1.82 bits per heavy atom. The number of carbonyl (C=O) groups excluding carboxylic acids is 1. The van der Waals surface area contributed by atoms with Crippen molar-refractivity contribution in [2.45, 2.75) is 19.6 Å². The zero-order valence-electron chi connectivity index (χ0n) is 23.9. The van der Waals surface area contributed by atoms with E-state index in [1.165, 1.54) is 22.7 Å². The van der Waals surface area contributed by atoms with Crippen molar-refractivity contribution in [1.82, 2.24) is 4.57 Å². The van der Waals surface area contributed by atoms with Crippen LogP contribution in [0.4, 0.5) is 0 Å². The second-order valence-corrected chi connectivity index (χ2v) is 12.7. The Bertz CT molecular complexity index is 2010. The number of carbonyl (C=O) groups is 1.